The Morgan fingerprint density at radius 3 is 2.70 bits per heavy atom. The van der Waals surface area contributed by atoms with E-state index in [-0.39, 0.29) is 5.91 Å². The molecule has 1 saturated heterocycles. The summed E-state index contributed by atoms with van der Waals surface area (Å²) >= 11 is 5.30. The first-order valence-corrected chi connectivity index (χ1v) is 9.94. The first-order chi connectivity index (χ1) is 14.5. The van der Waals surface area contributed by atoms with Crippen molar-refractivity contribution < 1.29 is 14.3 Å². The van der Waals surface area contributed by atoms with E-state index < -0.39 is 12.0 Å². The quantitative estimate of drug-likeness (QED) is 0.447. The molecule has 1 amide bonds. The van der Waals surface area contributed by atoms with E-state index in [0.29, 0.717) is 35.5 Å². The number of rotatable bonds is 8. The molecule has 7 heteroatoms. The summed E-state index contributed by atoms with van der Waals surface area (Å²) in [4.78, 5) is 13.1. The standard InChI is InChI=1S/C23H25N3O3S/c1-4-12-29-18-11-10-17(13-19(18)28-3)21-20(15(2)25-23(30)26-21)22(27)24-14-16-8-6-5-7-9-16/h4-11,13,20-21H,1-2,12,14H2,3H3,(H,24,27)(H2,25,26,30)/t20-,21-/m0/s1. The van der Waals surface area contributed by atoms with Crippen molar-refractivity contribution >= 4 is 23.2 Å². The maximum atomic E-state index is 13.1. The normalized spacial score (nSPS) is 18.0. The Balaban J connectivity index is 1.84. The maximum absolute atomic E-state index is 13.1. The fraction of sp³-hybridized carbons (Fsp3) is 0.217. The lowest BCUT2D eigenvalue weighted by Crippen LogP contribution is -2.52. The van der Waals surface area contributed by atoms with Gasteiger partial charge in [-0.1, -0.05) is 55.6 Å². The molecule has 156 valence electrons. The number of ether oxygens (including phenoxy) is 2. The van der Waals surface area contributed by atoms with Crippen LogP contribution >= 0.6 is 12.2 Å². The van der Waals surface area contributed by atoms with Crippen LogP contribution in [0.2, 0.25) is 0 Å². The number of carbonyl (C=O) groups excluding carboxylic acids is 1. The fourth-order valence-corrected chi connectivity index (χ4v) is 3.57. The lowest BCUT2D eigenvalue weighted by Gasteiger charge is -2.35. The molecular weight excluding hydrogens is 398 g/mol. The summed E-state index contributed by atoms with van der Waals surface area (Å²) in [6.45, 7) is 8.48. The molecule has 0 saturated carbocycles. The average molecular weight is 424 g/mol. The second-order valence-corrected chi connectivity index (χ2v) is 7.20. The van der Waals surface area contributed by atoms with Crippen LogP contribution in [0.4, 0.5) is 0 Å². The number of hydrogen-bond donors (Lipinski definition) is 3. The van der Waals surface area contributed by atoms with Gasteiger partial charge in [-0.25, -0.2) is 0 Å². The van der Waals surface area contributed by atoms with Crippen LogP contribution in [0, 0.1) is 5.92 Å². The number of hydrogen-bond acceptors (Lipinski definition) is 4. The zero-order chi connectivity index (χ0) is 21.5. The van der Waals surface area contributed by atoms with Gasteiger partial charge in [-0.05, 0) is 35.5 Å². The summed E-state index contributed by atoms with van der Waals surface area (Å²) in [5.74, 6) is 0.448. The molecule has 1 aliphatic heterocycles. The largest absolute Gasteiger partial charge is 0.493 e. The summed E-state index contributed by atoms with van der Waals surface area (Å²) in [7, 11) is 1.57. The second-order valence-electron chi connectivity index (χ2n) is 6.79. The van der Waals surface area contributed by atoms with E-state index in [9.17, 15) is 4.79 Å². The van der Waals surface area contributed by atoms with Gasteiger partial charge in [0.2, 0.25) is 5.91 Å². The van der Waals surface area contributed by atoms with Gasteiger partial charge in [-0.15, -0.1) is 0 Å². The van der Waals surface area contributed by atoms with Crippen molar-refractivity contribution in [3.05, 3.63) is 84.6 Å². The van der Waals surface area contributed by atoms with E-state index in [1.807, 2.05) is 48.5 Å². The van der Waals surface area contributed by atoms with Gasteiger partial charge in [0.25, 0.3) is 0 Å². The predicted octanol–water partition coefficient (Wildman–Crippen LogP) is 3.23. The van der Waals surface area contributed by atoms with Gasteiger partial charge < -0.3 is 25.4 Å². The Morgan fingerprint density at radius 1 is 1.23 bits per heavy atom. The number of amides is 1. The molecule has 0 aliphatic carbocycles. The van der Waals surface area contributed by atoms with Gasteiger partial charge in [-0.2, -0.15) is 0 Å². The van der Waals surface area contributed by atoms with Gasteiger partial charge in [-0.3, -0.25) is 4.79 Å². The van der Waals surface area contributed by atoms with Crippen molar-refractivity contribution in [3.63, 3.8) is 0 Å². The fourth-order valence-electron chi connectivity index (χ4n) is 3.31. The Bertz CT molecular complexity index is 946. The predicted molar refractivity (Wildman–Crippen MR) is 121 cm³/mol. The number of benzene rings is 2. The maximum Gasteiger partial charge on any atom is 0.231 e. The van der Waals surface area contributed by atoms with Crippen LogP contribution in [-0.2, 0) is 11.3 Å². The number of thiocarbonyl (C=S) groups is 1. The Labute approximate surface area is 182 Å². The van der Waals surface area contributed by atoms with E-state index in [0.717, 1.165) is 11.1 Å². The second kappa shape index (κ2) is 9.93. The minimum absolute atomic E-state index is 0.151. The molecule has 1 heterocycles. The van der Waals surface area contributed by atoms with E-state index >= 15 is 0 Å². The molecule has 0 unspecified atom stereocenters. The minimum atomic E-state index is -0.565. The molecule has 6 nitrogen and oxygen atoms in total. The average Bonchev–Trinajstić information content (AvgIpc) is 2.76. The zero-order valence-corrected chi connectivity index (χ0v) is 17.6. The highest BCUT2D eigenvalue weighted by molar-refractivity contribution is 7.80. The van der Waals surface area contributed by atoms with Gasteiger partial charge >= 0.3 is 0 Å². The SMILES string of the molecule is C=CCOc1ccc([C@@H]2NC(=S)NC(=C)[C@@H]2C(=O)NCc2ccccc2)cc1OC. The van der Waals surface area contributed by atoms with Crippen LogP contribution in [-0.4, -0.2) is 24.7 Å². The van der Waals surface area contributed by atoms with Crippen molar-refractivity contribution in [1.29, 1.82) is 0 Å². The monoisotopic (exact) mass is 423 g/mol. The van der Waals surface area contributed by atoms with Crippen molar-refractivity contribution in [2.75, 3.05) is 13.7 Å². The van der Waals surface area contributed by atoms with Crippen LogP contribution in [0.15, 0.2) is 73.5 Å². The number of carbonyl (C=O) groups is 1. The molecule has 3 N–H and O–H groups in total. The molecule has 1 aliphatic rings. The Morgan fingerprint density at radius 2 is 2.00 bits per heavy atom. The summed E-state index contributed by atoms with van der Waals surface area (Å²) in [5.41, 5.74) is 2.40. The van der Waals surface area contributed by atoms with Gasteiger partial charge in [0.05, 0.1) is 13.2 Å². The first kappa shape index (κ1) is 21.4. The van der Waals surface area contributed by atoms with Gasteiger partial charge in [0.15, 0.2) is 16.6 Å². The third kappa shape index (κ3) is 4.99. The smallest absolute Gasteiger partial charge is 0.231 e. The molecule has 0 radical (unpaired) electrons. The third-order valence-corrected chi connectivity index (χ3v) is 4.98. The molecule has 0 spiro atoms. The van der Waals surface area contributed by atoms with Crippen molar-refractivity contribution in [3.8, 4) is 11.5 Å². The van der Waals surface area contributed by atoms with Crippen molar-refractivity contribution in [2.45, 2.75) is 12.6 Å². The molecule has 3 rings (SSSR count). The third-order valence-electron chi connectivity index (χ3n) is 4.76. The number of methoxy groups -OCH3 is 1. The van der Waals surface area contributed by atoms with Gasteiger partial charge in [0, 0.05) is 12.2 Å². The lowest BCUT2D eigenvalue weighted by molar-refractivity contribution is -0.125. The van der Waals surface area contributed by atoms with Crippen LogP contribution < -0.4 is 25.4 Å². The van der Waals surface area contributed by atoms with Crippen molar-refractivity contribution in [1.82, 2.24) is 16.0 Å². The highest BCUT2D eigenvalue weighted by atomic mass is 32.1. The molecule has 2 atom stereocenters. The van der Waals surface area contributed by atoms with E-state index in [1.54, 1.807) is 13.2 Å². The topological polar surface area (TPSA) is 71.6 Å². The van der Waals surface area contributed by atoms with Crippen LogP contribution in [0.3, 0.4) is 0 Å². The van der Waals surface area contributed by atoms with Crippen molar-refractivity contribution in [2.24, 2.45) is 5.92 Å². The first-order valence-electron chi connectivity index (χ1n) is 9.53. The van der Waals surface area contributed by atoms with E-state index in [2.05, 4.69) is 29.1 Å². The highest BCUT2D eigenvalue weighted by Gasteiger charge is 2.36. The van der Waals surface area contributed by atoms with Crippen LogP contribution in [0.25, 0.3) is 0 Å². The Kier molecular flexibility index (Phi) is 7.08. The van der Waals surface area contributed by atoms with Crippen LogP contribution in [0.1, 0.15) is 17.2 Å². The summed E-state index contributed by atoms with van der Waals surface area (Å²) < 4.78 is 11.1. The molecule has 0 aromatic heterocycles. The molecule has 30 heavy (non-hydrogen) atoms. The van der Waals surface area contributed by atoms with Crippen LogP contribution in [0.5, 0.6) is 11.5 Å². The molecule has 2 aromatic rings. The molecule has 0 bridgehead atoms. The molecule has 2 aromatic carbocycles. The van der Waals surface area contributed by atoms with E-state index in [4.69, 9.17) is 21.7 Å². The number of nitrogens with one attached hydrogen (secondary N) is 3. The highest BCUT2D eigenvalue weighted by Crippen LogP contribution is 2.35. The summed E-state index contributed by atoms with van der Waals surface area (Å²) in [6, 6.07) is 14.9. The molecule has 1 fully saturated rings. The van der Waals surface area contributed by atoms with Gasteiger partial charge in [0.1, 0.15) is 12.5 Å². The zero-order valence-electron chi connectivity index (χ0n) is 16.8. The minimum Gasteiger partial charge on any atom is -0.493 e. The molecular formula is C23H25N3O3S. The summed E-state index contributed by atoms with van der Waals surface area (Å²) in [6.07, 6.45) is 1.66. The Hall–Kier alpha value is -3.32. The lowest BCUT2D eigenvalue weighted by atomic mass is 9.88. The van der Waals surface area contributed by atoms with E-state index in [1.165, 1.54) is 0 Å². The summed E-state index contributed by atoms with van der Waals surface area (Å²) in [5, 5.41) is 9.58.